The highest BCUT2D eigenvalue weighted by Gasteiger charge is 2.56. The van der Waals surface area contributed by atoms with E-state index in [1.54, 1.807) is 0 Å². The molecular formula is C11H17NO2. The molecule has 78 valence electrons. The van der Waals surface area contributed by atoms with Gasteiger partial charge in [0.25, 0.3) is 0 Å². The van der Waals surface area contributed by atoms with Crippen LogP contribution in [0.1, 0.15) is 19.3 Å². The average molecular weight is 195 g/mol. The monoisotopic (exact) mass is 195 g/mol. The normalized spacial score (nSPS) is 51.1. The van der Waals surface area contributed by atoms with Gasteiger partial charge in [-0.15, -0.1) is 0 Å². The van der Waals surface area contributed by atoms with Gasteiger partial charge in [-0.1, -0.05) is 12.2 Å². The Hall–Kier alpha value is -0.380. The van der Waals surface area contributed by atoms with Crippen LogP contribution >= 0.6 is 0 Å². The molecule has 3 nitrogen and oxygen atoms in total. The summed E-state index contributed by atoms with van der Waals surface area (Å²) in [5, 5.41) is 10.9. The van der Waals surface area contributed by atoms with Gasteiger partial charge < -0.3 is 5.21 Å². The van der Waals surface area contributed by atoms with Gasteiger partial charge in [0.15, 0.2) is 0 Å². The van der Waals surface area contributed by atoms with Crippen LogP contribution < -0.4 is 5.23 Å². The molecule has 3 rings (SSSR count). The summed E-state index contributed by atoms with van der Waals surface area (Å²) in [6.45, 7) is 0. The molecule has 0 spiro atoms. The zero-order chi connectivity index (χ0) is 9.71. The summed E-state index contributed by atoms with van der Waals surface area (Å²) in [7, 11) is 1.53. The lowest BCUT2D eigenvalue weighted by Crippen LogP contribution is -3.03. The quantitative estimate of drug-likeness (QED) is 0.515. The molecule has 3 heteroatoms. The summed E-state index contributed by atoms with van der Waals surface area (Å²) in [6, 6.07) is 0. The van der Waals surface area contributed by atoms with Gasteiger partial charge in [-0.2, -0.15) is 0 Å². The Labute approximate surface area is 84.3 Å². The highest BCUT2D eigenvalue weighted by molar-refractivity contribution is 5.15. The Morgan fingerprint density at radius 3 is 2.79 bits per heavy atom. The van der Waals surface area contributed by atoms with E-state index in [2.05, 4.69) is 12.2 Å². The lowest BCUT2D eigenvalue weighted by molar-refractivity contribution is -1.04. The van der Waals surface area contributed by atoms with Crippen molar-refractivity contribution >= 4 is 0 Å². The number of rotatable bonds is 2. The second-order valence-electron chi connectivity index (χ2n) is 4.88. The number of hydrogen-bond acceptors (Lipinski definition) is 2. The summed E-state index contributed by atoms with van der Waals surface area (Å²) < 4.78 is 0. The van der Waals surface area contributed by atoms with Crippen LogP contribution in [-0.4, -0.2) is 13.2 Å². The first-order chi connectivity index (χ1) is 6.77. The third kappa shape index (κ3) is 1.09. The highest BCUT2D eigenvalue weighted by atomic mass is 16.9. The van der Waals surface area contributed by atoms with Gasteiger partial charge >= 0.3 is 0 Å². The summed E-state index contributed by atoms with van der Waals surface area (Å²) in [6.07, 6.45) is 8.64. The maximum Gasteiger partial charge on any atom is 0.124 e. The lowest BCUT2D eigenvalue weighted by Gasteiger charge is -2.23. The molecule has 2 bridgehead atoms. The average Bonchev–Trinajstić information content (AvgIpc) is 2.74. The zero-order valence-corrected chi connectivity index (χ0v) is 8.48. The topological polar surface area (TPSA) is 36.7 Å². The smallest absolute Gasteiger partial charge is 0.124 e. The van der Waals surface area contributed by atoms with Gasteiger partial charge in [0.05, 0.1) is 7.05 Å². The summed E-state index contributed by atoms with van der Waals surface area (Å²) in [5.41, 5.74) is 0. The Morgan fingerprint density at radius 2 is 2.07 bits per heavy atom. The third-order valence-electron chi connectivity index (χ3n) is 4.28. The predicted octanol–water partition coefficient (Wildman–Crippen LogP) is 0.531. The maximum atomic E-state index is 11.0. The summed E-state index contributed by atoms with van der Waals surface area (Å²) >= 11 is 0. The van der Waals surface area contributed by atoms with Crippen molar-refractivity contribution in [1.29, 1.82) is 0 Å². The number of nitrogens with one attached hydrogen (secondary N) is 1. The van der Waals surface area contributed by atoms with Crippen molar-refractivity contribution in [3.63, 3.8) is 0 Å². The van der Waals surface area contributed by atoms with Crippen LogP contribution in [0.15, 0.2) is 12.2 Å². The molecule has 0 aliphatic heterocycles. The SMILES string of the molecule is C[NH+]([O-])OC1C2CCC1C1CC=CC12. The van der Waals surface area contributed by atoms with Crippen molar-refractivity contribution in [2.75, 3.05) is 7.05 Å². The molecule has 0 aromatic carbocycles. The predicted molar refractivity (Wildman–Crippen MR) is 52.1 cm³/mol. The maximum absolute atomic E-state index is 11.0. The summed E-state index contributed by atoms with van der Waals surface area (Å²) in [4.78, 5) is 5.46. The van der Waals surface area contributed by atoms with Crippen LogP contribution in [0.5, 0.6) is 0 Å². The van der Waals surface area contributed by atoms with Gasteiger partial charge in [-0.25, -0.2) is 10.1 Å². The van der Waals surface area contributed by atoms with Crippen molar-refractivity contribution in [2.24, 2.45) is 23.7 Å². The standard InChI is InChI=1S/C11H17NO2/c1-12(13)14-11-9-5-6-10(11)8-4-2-3-7(8)9/h2-3,7-12H,4-6H2,1H3. The molecule has 2 saturated carbocycles. The van der Waals surface area contributed by atoms with Crippen LogP contribution in [0.2, 0.25) is 0 Å². The van der Waals surface area contributed by atoms with E-state index < -0.39 is 0 Å². The molecule has 0 heterocycles. The summed E-state index contributed by atoms with van der Waals surface area (Å²) in [5.74, 6) is 2.80. The Kier molecular flexibility index (Phi) is 1.94. The van der Waals surface area contributed by atoms with Crippen LogP contribution in [0.25, 0.3) is 0 Å². The molecule has 1 N–H and O–H groups in total. The molecule has 3 aliphatic rings. The number of fused-ring (bicyclic) bond motifs is 5. The van der Waals surface area contributed by atoms with E-state index in [4.69, 9.17) is 4.84 Å². The number of hydrogen-bond donors (Lipinski definition) is 1. The van der Waals surface area contributed by atoms with Crippen molar-refractivity contribution in [1.82, 2.24) is 0 Å². The van der Waals surface area contributed by atoms with Crippen molar-refractivity contribution < 1.29 is 10.1 Å². The fourth-order valence-electron chi connectivity index (χ4n) is 3.88. The van der Waals surface area contributed by atoms with Crippen molar-refractivity contribution in [3.05, 3.63) is 17.4 Å². The second kappa shape index (κ2) is 3.05. The number of quaternary nitrogens is 1. The van der Waals surface area contributed by atoms with Crippen molar-refractivity contribution in [2.45, 2.75) is 25.4 Å². The molecule has 6 unspecified atom stereocenters. The van der Waals surface area contributed by atoms with Crippen LogP contribution in [0.3, 0.4) is 0 Å². The van der Waals surface area contributed by atoms with E-state index in [9.17, 15) is 5.21 Å². The first kappa shape index (κ1) is 8.89. The van der Waals surface area contributed by atoms with Crippen LogP contribution in [-0.2, 0) is 4.84 Å². The van der Waals surface area contributed by atoms with Gasteiger partial charge in [0.1, 0.15) is 6.10 Å². The third-order valence-corrected chi connectivity index (χ3v) is 4.28. The largest absolute Gasteiger partial charge is 0.600 e. The Bertz CT molecular complexity index is 264. The molecule has 14 heavy (non-hydrogen) atoms. The first-order valence-electron chi connectivity index (χ1n) is 5.61. The molecular weight excluding hydrogens is 178 g/mol. The molecule has 0 amide bonds. The fraction of sp³-hybridized carbons (Fsp3) is 0.818. The van der Waals surface area contributed by atoms with Crippen LogP contribution in [0, 0.1) is 28.9 Å². The van der Waals surface area contributed by atoms with Gasteiger partial charge in [0.2, 0.25) is 0 Å². The number of hydroxylamine groups is 2. The van der Waals surface area contributed by atoms with E-state index >= 15 is 0 Å². The van der Waals surface area contributed by atoms with Gasteiger partial charge in [-0.05, 0) is 42.9 Å². The minimum atomic E-state index is -0.101. The minimum Gasteiger partial charge on any atom is -0.600 e. The van der Waals surface area contributed by atoms with Crippen LogP contribution in [0.4, 0.5) is 0 Å². The zero-order valence-electron chi connectivity index (χ0n) is 8.48. The van der Waals surface area contributed by atoms with Crippen molar-refractivity contribution in [3.8, 4) is 0 Å². The molecule has 0 saturated heterocycles. The Balaban J connectivity index is 1.79. The molecule has 0 radical (unpaired) electrons. The molecule has 2 fully saturated rings. The second-order valence-corrected chi connectivity index (χ2v) is 4.88. The molecule has 0 aromatic heterocycles. The lowest BCUT2D eigenvalue weighted by atomic mass is 9.82. The van der Waals surface area contributed by atoms with E-state index in [0.29, 0.717) is 11.8 Å². The van der Waals surface area contributed by atoms with E-state index in [1.165, 1.54) is 26.3 Å². The van der Waals surface area contributed by atoms with E-state index in [1.807, 2.05) is 0 Å². The fourth-order valence-corrected chi connectivity index (χ4v) is 3.88. The Morgan fingerprint density at radius 1 is 1.29 bits per heavy atom. The molecule has 6 atom stereocenters. The van der Waals surface area contributed by atoms with E-state index in [-0.39, 0.29) is 11.3 Å². The number of allylic oxidation sites excluding steroid dienone is 2. The highest BCUT2D eigenvalue weighted by Crippen LogP contribution is 2.57. The van der Waals surface area contributed by atoms with E-state index in [0.717, 1.165) is 11.8 Å². The van der Waals surface area contributed by atoms with Gasteiger partial charge in [0, 0.05) is 0 Å². The minimum absolute atomic E-state index is 0.101. The molecule has 3 aliphatic carbocycles. The first-order valence-corrected chi connectivity index (χ1v) is 5.61. The molecule has 0 aromatic rings. The van der Waals surface area contributed by atoms with Gasteiger partial charge in [-0.3, -0.25) is 0 Å².